The van der Waals surface area contributed by atoms with E-state index >= 15 is 0 Å². The normalized spacial score (nSPS) is 28.3. The number of ether oxygens (including phenoxy) is 1. The van der Waals surface area contributed by atoms with Gasteiger partial charge in [-0.05, 0) is 64.5 Å². The van der Waals surface area contributed by atoms with Crippen LogP contribution < -0.4 is 0 Å². The first kappa shape index (κ1) is 27.2. The fraction of sp³-hybridized carbons (Fsp3) is 0.885. The Balaban J connectivity index is 1.21. The quantitative estimate of drug-likeness (QED) is 0.625. The molecule has 38 heavy (non-hydrogen) atoms. The molecule has 3 heterocycles. The minimum atomic E-state index is -2.61. The predicted octanol–water partition coefficient (Wildman–Crippen LogP) is 3.67. The Kier molecular flexibility index (Phi) is 7.15. The maximum atomic E-state index is 13.7. The Labute approximate surface area is 222 Å². The summed E-state index contributed by atoms with van der Waals surface area (Å²) in [4.78, 5) is 31.6. The highest BCUT2D eigenvalue weighted by molar-refractivity contribution is 5.86. The third-order valence-corrected chi connectivity index (χ3v) is 8.91. The lowest BCUT2D eigenvalue weighted by molar-refractivity contribution is -0.152. The number of hydrogen-bond donors (Lipinski definition) is 1. The molecule has 1 spiro atoms. The molecular formula is C26H40F2N6O4. The van der Waals surface area contributed by atoms with Gasteiger partial charge in [0.1, 0.15) is 11.6 Å². The van der Waals surface area contributed by atoms with Gasteiger partial charge >= 0.3 is 6.09 Å². The second-order valence-electron chi connectivity index (χ2n) is 12.7. The third-order valence-electron chi connectivity index (χ3n) is 8.91. The van der Waals surface area contributed by atoms with Crippen LogP contribution in [0.15, 0.2) is 0 Å². The van der Waals surface area contributed by atoms with Crippen molar-refractivity contribution in [2.24, 2.45) is 5.41 Å². The van der Waals surface area contributed by atoms with Crippen LogP contribution in [-0.2, 0) is 9.53 Å². The number of piperidine rings is 2. The van der Waals surface area contributed by atoms with E-state index in [1.165, 1.54) is 4.80 Å². The zero-order valence-corrected chi connectivity index (χ0v) is 22.6. The molecule has 2 atom stereocenters. The highest BCUT2D eigenvalue weighted by atomic mass is 19.3. The number of nitrogens with zero attached hydrogens (tertiary/aromatic N) is 6. The molecule has 212 valence electrons. The van der Waals surface area contributed by atoms with E-state index in [0.29, 0.717) is 51.1 Å². The topological polar surface area (TPSA) is 114 Å². The molecule has 2 amide bonds. The van der Waals surface area contributed by atoms with Gasteiger partial charge in [0.15, 0.2) is 5.82 Å². The smallest absolute Gasteiger partial charge is 0.410 e. The van der Waals surface area contributed by atoms with Gasteiger partial charge in [0.2, 0.25) is 11.8 Å². The molecule has 5 rings (SSSR count). The van der Waals surface area contributed by atoms with Gasteiger partial charge in [-0.2, -0.15) is 4.80 Å². The number of aliphatic hydroxyl groups excluding tert-OH is 1. The van der Waals surface area contributed by atoms with E-state index in [0.717, 1.165) is 19.3 Å². The maximum Gasteiger partial charge on any atom is 0.410 e. The number of likely N-dealkylation sites (tertiary alicyclic amines) is 2. The van der Waals surface area contributed by atoms with Crippen LogP contribution in [0.3, 0.4) is 0 Å². The van der Waals surface area contributed by atoms with Crippen molar-refractivity contribution in [3.63, 3.8) is 0 Å². The monoisotopic (exact) mass is 538 g/mol. The van der Waals surface area contributed by atoms with Crippen LogP contribution in [0.25, 0.3) is 0 Å². The van der Waals surface area contributed by atoms with Gasteiger partial charge in [-0.3, -0.25) is 9.69 Å². The molecule has 0 aromatic carbocycles. The van der Waals surface area contributed by atoms with Gasteiger partial charge in [0.05, 0.1) is 12.1 Å². The van der Waals surface area contributed by atoms with Gasteiger partial charge in [0, 0.05) is 50.2 Å². The fourth-order valence-corrected chi connectivity index (χ4v) is 6.39. The molecule has 1 N–H and O–H groups in total. The lowest BCUT2D eigenvalue weighted by Gasteiger charge is -2.54. The van der Waals surface area contributed by atoms with Crippen molar-refractivity contribution in [3.8, 4) is 0 Å². The van der Waals surface area contributed by atoms with Crippen LogP contribution in [0.4, 0.5) is 13.6 Å². The van der Waals surface area contributed by atoms with E-state index in [2.05, 4.69) is 15.4 Å². The lowest BCUT2D eigenvalue weighted by atomic mass is 9.61. The largest absolute Gasteiger partial charge is 0.444 e. The Hall–Kier alpha value is -2.37. The molecule has 0 radical (unpaired) electrons. The van der Waals surface area contributed by atoms with Crippen molar-refractivity contribution in [1.29, 1.82) is 0 Å². The van der Waals surface area contributed by atoms with Crippen LogP contribution in [-0.4, -0.2) is 90.4 Å². The molecule has 12 heteroatoms. The number of halogens is 2. The van der Waals surface area contributed by atoms with Gasteiger partial charge in [-0.1, -0.05) is 6.42 Å². The summed E-state index contributed by atoms with van der Waals surface area (Å²) in [5, 5.41) is 23.8. The van der Waals surface area contributed by atoms with Crippen molar-refractivity contribution < 1.29 is 28.2 Å². The second-order valence-corrected chi connectivity index (χ2v) is 12.7. The lowest BCUT2D eigenvalue weighted by Crippen LogP contribution is -2.64. The zero-order valence-electron chi connectivity index (χ0n) is 22.6. The van der Waals surface area contributed by atoms with Crippen molar-refractivity contribution in [2.45, 2.75) is 121 Å². The van der Waals surface area contributed by atoms with Crippen molar-refractivity contribution in [3.05, 3.63) is 5.82 Å². The molecule has 4 fully saturated rings. The van der Waals surface area contributed by atoms with Crippen LogP contribution in [0.2, 0.25) is 0 Å². The van der Waals surface area contributed by atoms with Crippen molar-refractivity contribution in [1.82, 2.24) is 30.0 Å². The Bertz CT molecular complexity index is 1020. The zero-order chi connectivity index (χ0) is 27.3. The van der Waals surface area contributed by atoms with E-state index < -0.39 is 29.8 Å². The van der Waals surface area contributed by atoms with Crippen LogP contribution in [0, 0.1) is 5.41 Å². The summed E-state index contributed by atoms with van der Waals surface area (Å²) in [6, 6.07) is -0.917. The van der Waals surface area contributed by atoms with E-state index in [1.807, 2.05) is 0 Å². The van der Waals surface area contributed by atoms with Crippen LogP contribution in [0.1, 0.15) is 103 Å². The molecule has 1 aromatic heterocycles. The summed E-state index contributed by atoms with van der Waals surface area (Å²) in [7, 11) is 0. The summed E-state index contributed by atoms with van der Waals surface area (Å²) in [5.41, 5.74) is -1.03. The number of aromatic nitrogens is 4. The third kappa shape index (κ3) is 5.51. The number of amides is 2. The second kappa shape index (κ2) is 9.98. The molecule has 4 aliphatic rings. The fourth-order valence-electron chi connectivity index (χ4n) is 6.39. The average Bonchev–Trinajstić information content (AvgIpc) is 3.31. The average molecular weight is 539 g/mol. The number of carbonyl (C=O) groups excluding carboxylic acids is 2. The molecule has 2 aliphatic carbocycles. The van der Waals surface area contributed by atoms with E-state index in [9.17, 15) is 23.5 Å². The van der Waals surface area contributed by atoms with Gasteiger partial charge < -0.3 is 14.7 Å². The highest BCUT2D eigenvalue weighted by Crippen LogP contribution is 2.49. The molecule has 0 unspecified atom stereocenters. The SMILES string of the molecule is CC(C)(C)OC(=O)N1CC2(CCC2)[C@H](O)C[C@H]1C(=O)N1CCC(c2nnn(C3CCC(F)(F)CC3)n2)CC1. The minimum absolute atomic E-state index is 0.0231. The van der Waals surface area contributed by atoms with E-state index in [4.69, 9.17) is 4.74 Å². The molecule has 0 bridgehead atoms. The molecule has 1 aromatic rings. The van der Waals surface area contributed by atoms with Crippen LogP contribution in [0.5, 0.6) is 0 Å². The summed E-state index contributed by atoms with van der Waals surface area (Å²) < 4.78 is 32.7. The first-order valence-corrected chi connectivity index (χ1v) is 14.0. The number of hydrogen-bond acceptors (Lipinski definition) is 7. The first-order valence-electron chi connectivity index (χ1n) is 14.0. The summed E-state index contributed by atoms with van der Waals surface area (Å²) in [6.07, 6.45) is 3.41. The maximum absolute atomic E-state index is 13.7. The number of aliphatic hydroxyl groups is 1. The highest BCUT2D eigenvalue weighted by Gasteiger charge is 2.54. The number of alkyl halides is 2. The van der Waals surface area contributed by atoms with Crippen LogP contribution >= 0.6 is 0 Å². The Morgan fingerprint density at radius 2 is 1.71 bits per heavy atom. The minimum Gasteiger partial charge on any atom is -0.444 e. The van der Waals surface area contributed by atoms with Gasteiger partial charge in [-0.15, -0.1) is 10.2 Å². The number of rotatable bonds is 3. The summed E-state index contributed by atoms with van der Waals surface area (Å²) in [5.74, 6) is -2.16. The molecule has 2 saturated carbocycles. The van der Waals surface area contributed by atoms with Gasteiger partial charge in [0.25, 0.3) is 0 Å². The molecule has 2 aliphatic heterocycles. The van der Waals surface area contributed by atoms with Gasteiger partial charge in [-0.25, -0.2) is 13.6 Å². The Morgan fingerprint density at radius 1 is 1.05 bits per heavy atom. The number of carbonyl (C=O) groups is 2. The first-order chi connectivity index (χ1) is 17.9. The van der Waals surface area contributed by atoms with E-state index in [1.54, 1.807) is 30.6 Å². The Morgan fingerprint density at radius 3 is 2.29 bits per heavy atom. The molecular weight excluding hydrogens is 498 g/mol. The molecule has 2 saturated heterocycles. The van der Waals surface area contributed by atoms with Crippen molar-refractivity contribution >= 4 is 12.0 Å². The van der Waals surface area contributed by atoms with Crippen molar-refractivity contribution in [2.75, 3.05) is 19.6 Å². The predicted molar refractivity (Wildman–Crippen MR) is 132 cm³/mol. The standard InChI is InChI=1S/C26H40F2N6O4/c1-24(2,3)38-23(37)33-16-25(9-4-10-25)20(35)15-19(33)22(36)32-13-7-17(8-14-32)21-29-31-34(30-21)18-5-11-26(27,28)12-6-18/h17-20,35H,4-16H2,1-3H3/t19-,20+/m0/s1. The van der Waals surface area contributed by atoms with E-state index in [-0.39, 0.29) is 42.5 Å². The summed E-state index contributed by atoms with van der Waals surface area (Å²) >= 11 is 0. The summed E-state index contributed by atoms with van der Waals surface area (Å²) in [6.45, 7) is 6.70. The molecule has 10 nitrogen and oxygen atoms in total. The number of tetrazole rings is 1.